The molecule has 1 aromatic heterocycles. The Bertz CT molecular complexity index is 920. The molecule has 2 heterocycles. The van der Waals surface area contributed by atoms with Crippen LogP contribution in [0.15, 0.2) is 65.1 Å². The maximum atomic E-state index is 11.8. The molecule has 0 spiro atoms. The van der Waals surface area contributed by atoms with Crippen LogP contribution in [0.2, 0.25) is 5.02 Å². The second-order valence-electron chi connectivity index (χ2n) is 5.15. The summed E-state index contributed by atoms with van der Waals surface area (Å²) in [4.78, 5) is 11.8. The Kier molecular flexibility index (Phi) is 3.28. The number of carbonyl (C=O) groups is 1. The lowest BCUT2D eigenvalue weighted by molar-refractivity contribution is 0.0717. The van der Waals surface area contributed by atoms with Crippen LogP contribution in [-0.4, -0.2) is 5.97 Å². The number of ether oxygens (including phenoxy) is 1. The average molecular weight is 323 g/mol. The van der Waals surface area contributed by atoms with Crippen LogP contribution in [0.1, 0.15) is 21.7 Å². The molecule has 0 atom stereocenters. The Morgan fingerprint density at radius 1 is 0.870 bits per heavy atom. The SMILES string of the molecule is O=C1OC(=Cc2ccc(-c3ccc(Cl)cc3)o2)c2ccccc21. The summed E-state index contributed by atoms with van der Waals surface area (Å²) in [6.07, 6.45) is 1.73. The van der Waals surface area contributed by atoms with Crippen LogP contribution < -0.4 is 0 Å². The van der Waals surface area contributed by atoms with Crippen LogP contribution in [0.3, 0.4) is 0 Å². The number of rotatable bonds is 2. The molecule has 0 aliphatic carbocycles. The van der Waals surface area contributed by atoms with Gasteiger partial charge in [-0.15, -0.1) is 0 Å². The third-order valence-corrected chi connectivity index (χ3v) is 3.90. The Morgan fingerprint density at radius 3 is 2.39 bits per heavy atom. The molecular weight excluding hydrogens is 312 g/mol. The van der Waals surface area contributed by atoms with Gasteiger partial charge in [0.15, 0.2) is 0 Å². The smallest absolute Gasteiger partial charge is 0.344 e. The summed E-state index contributed by atoms with van der Waals surface area (Å²) in [6.45, 7) is 0. The summed E-state index contributed by atoms with van der Waals surface area (Å²) < 4.78 is 11.1. The molecule has 0 fully saturated rings. The van der Waals surface area contributed by atoms with E-state index in [1.54, 1.807) is 12.1 Å². The zero-order valence-electron chi connectivity index (χ0n) is 12.0. The topological polar surface area (TPSA) is 39.4 Å². The quantitative estimate of drug-likeness (QED) is 0.603. The van der Waals surface area contributed by atoms with Crippen molar-refractivity contribution in [3.05, 3.63) is 82.6 Å². The van der Waals surface area contributed by atoms with Crippen molar-refractivity contribution >= 4 is 29.4 Å². The van der Waals surface area contributed by atoms with Crippen molar-refractivity contribution in [3.8, 4) is 11.3 Å². The lowest BCUT2D eigenvalue weighted by Crippen LogP contribution is -1.92. The van der Waals surface area contributed by atoms with E-state index < -0.39 is 0 Å². The molecule has 4 rings (SSSR count). The monoisotopic (exact) mass is 322 g/mol. The molecule has 0 N–H and O–H groups in total. The number of esters is 1. The van der Waals surface area contributed by atoms with E-state index in [0.29, 0.717) is 22.1 Å². The largest absolute Gasteiger partial charge is 0.457 e. The normalized spacial score (nSPS) is 14.8. The van der Waals surface area contributed by atoms with Crippen LogP contribution in [-0.2, 0) is 4.74 Å². The number of hydrogen-bond acceptors (Lipinski definition) is 3. The minimum absolute atomic E-state index is 0.337. The average Bonchev–Trinajstić information content (AvgIpc) is 3.15. The molecular formula is C19H11ClO3. The molecule has 0 amide bonds. The van der Waals surface area contributed by atoms with Crippen LogP contribution in [0.25, 0.3) is 23.2 Å². The van der Waals surface area contributed by atoms with Crippen molar-refractivity contribution in [2.75, 3.05) is 0 Å². The van der Waals surface area contributed by atoms with E-state index in [4.69, 9.17) is 20.8 Å². The van der Waals surface area contributed by atoms with Gasteiger partial charge in [0.25, 0.3) is 0 Å². The molecule has 0 saturated heterocycles. The molecule has 1 aliphatic heterocycles. The molecule has 0 saturated carbocycles. The van der Waals surface area contributed by atoms with E-state index in [1.807, 2.05) is 54.6 Å². The van der Waals surface area contributed by atoms with Crippen molar-refractivity contribution in [1.82, 2.24) is 0 Å². The highest BCUT2D eigenvalue weighted by atomic mass is 35.5. The maximum Gasteiger partial charge on any atom is 0.344 e. The number of cyclic esters (lactones) is 1. The van der Waals surface area contributed by atoms with Crippen LogP contribution in [0.4, 0.5) is 0 Å². The van der Waals surface area contributed by atoms with E-state index in [2.05, 4.69) is 0 Å². The zero-order valence-corrected chi connectivity index (χ0v) is 12.7. The van der Waals surface area contributed by atoms with Gasteiger partial charge in [0.2, 0.25) is 0 Å². The molecule has 2 aromatic carbocycles. The number of carbonyl (C=O) groups excluding carboxylic acids is 1. The number of furan rings is 1. The second kappa shape index (κ2) is 5.45. The molecule has 3 nitrogen and oxygen atoms in total. The van der Waals surface area contributed by atoms with Crippen molar-refractivity contribution in [2.24, 2.45) is 0 Å². The fourth-order valence-corrected chi connectivity index (χ4v) is 2.65. The van der Waals surface area contributed by atoms with Crippen molar-refractivity contribution in [3.63, 3.8) is 0 Å². The van der Waals surface area contributed by atoms with Gasteiger partial charge in [0.1, 0.15) is 17.3 Å². The van der Waals surface area contributed by atoms with Gasteiger partial charge in [-0.25, -0.2) is 4.79 Å². The Morgan fingerprint density at radius 2 is 1.61 bits per heavy atom. The summed E-state index contributed by atoms with van der Waals surface area (Å²) in [5.74, 6) is 1.51. The summed E-state index contributed by atoms with van der Waals surface area (Å²) in [5, 5.41) is 0.678. The number of fused-ring (bicyclic) bond motifs is 1. The van der Waals surface area contributed by atoms with Gasteiger partial charge >= 0.3 is 5.97 Å². The van der Waals surface area contributed by atoms with Crippen molar-refractivity contribution < 1.29 is 13.9 Å². The van der Waals surface area contributed by atoms with Gasteiger partial charge in [-0.05, 0) is 42.5 Å². The van der Waals surface area contributed by atoms with Crippen LogP contribution in [0.5, 0.6) is 0 Å². The first kappa shape index (κ1) is 13.9. The van der Waals surface area contributed by atoms with Gasteiger partial charge < -0.3 is 9.15 Å². The molecule has 0 unspecified atom stereocenters. The third kappa shape index (κ3) is 2.56. The van der Waals surface area contributed by atoms with E-state index in [-0.39, 0.29) is 5.97 Å². The highest BCUT2D eigenvalue weighted by Gasteiger charge is 2.25. The van der Waals surface area contributed by atoms with Gasteiger partial charge in [-0.1, -0.05) is 29.8 Å². The Balaban J connectivity index is 1.68. The highest BCUT2D eigenvalue weighted by molar-refractivity contribution is 6.30. The first-order valence-electron chi connectivity index (χ1n) is 7.10. The van der Waals surface area contributed by atoms with Gasteiger partial charge in [-0.2, -0.15) is 0 Å². The lowest BCUT2D eigenvalue weighted by Gasteiger charge is -1.98. The predicted molar refractivity (Wildman–Crippen MR) is 88.9 cm³/mol. The van der Waals surface area contributed by atoms with E-state index in [1.165, 1.54) is 0 Å². The molecule has 23 heavy (non-hydrogen) atoms. The summed E-state index contributed by atoms with van der Waals surface area (Å²) in [6, 6.07) is 18.4. The van der Waals surface area contributed by atoms with Crippen molar-refractivity contribution in [1.29, 1.82) is 0 Å². The van der Waals surface area contributed by atoms with Crippen LogP contribution >= 0.6 is 11.6 Å². The first-order chi connectivity index (χ1) is 11.2. The molecule has 112 valence electrons. The molecule has 0 radical (unpaired) electrons. The molecule has 3 aromatic rings. The molecule has 4 heteroatoms. The maximum absolute atomic E-state index is 11.8. The Hall–Kier alpha value is -2.78. The summed E-state index contributed by atoms with van der Waals surface area (Å²) in [7, 11) is 0. The second-order valence-corrected chi connectivity index (χ2v) is 5.59. The summed E-state index contributed by atoms with van der Waals surface area (Å²) in [5.41, 5.74) is 2.29. The van der Waals surface area contributed by atoms with Gasteiger partial charge in [-0.3, -0.25) is 0 Å². The third-order valence-electron chi connectivity index (χ3n) is 3.64. The zero-order chi connectivity index (χ0) is 15.8. The van der Waals surface area contributed by atoms with Crippen molar-refractivity contribution in [2.45, 2.75) is 0 Å². The Labute approximate surface area is 137 Å². The molecule has 0 bridgehead atoms. The van der Waals surface area contributed by atoms with Crippen LogP contribution in [0, 0.1) is 0 Å². The first-order valence-corrected chi connectivity index (χ1v) is 7.47. The highest BCUT2D eigenvalue weighted by Crippen LogP contribution is 2.32. The fraction of sp³-hybridized carbons (Fsp3) is 0. The summed E-state index contributed by atoms with van der Waals surface area (Å²) >= 11 is 5.89. The van der Waals surface area contributed by atoms with Gasteiger partial charge in [0.05, 0.1) is 5.56 Å². The van der Waals surface area contributed by atoms with E-state index in [0.717, 1.165) is 16.9 Å². The van der Waals surface area contributed by atoms with E-state index >= 15 is 0 Å². The van der Waals surface area contributed by atoms with Gasteiger partial charge in [0, 0.05) is 22.2 Å². The standard InChI is InChI=1S/C19H11ClO3/c20-13-7-5-12(6-8-13)17-10-9-14(22-17)11-18-15-3-1-2-4-16(15)19(21)23-18/h1-11H. The number of benzene rings is 2. The number of halogens is 1. The predicted octanol–water partition coefficient (Wildman–Crippen LogP) is 5.27. The fourth-order valence-electron chi connectivity index (χ4n) is 2.52. The number of hydrogen-bond donors (Lipinski definition) is 0. The minimum Gasteiger partial charge on any atom is -0.457 e. The molecule has 1 aliphatic rings. The lowest BCUT2D eigenvalue weighted by atomic mass is 10.1. The van der Waals surface area contributed by atoms with E-state index in [9.17, 15) is 4.79 Å². The minimum atomic E-state index is -0.337.